The number of nitrogens with one attached hydrogen (secondary N) is 1. The Morgan fingerprint density at radius 1 is 1.44 bits per heavy atom. The van der Waals surface area contributed by atoms with Gasteiger partial charge >= 0.3 is 5.69 Å². The zero-order chi connectivity index (χ0) is 13.7. The maximum Gasteiger partial charge on any atom is 0.330 e. The van der Waals surface area contributed by atoms with Gasteiger partial charge < -0.3 is 14.6 Å². The third-order valence-corrected chi connectivity index (χ3v) is 2.18. The topological polar surface area (TPSA) is 118 Å². The van der Waals surface area contributed by atoms with Crippen molar-refractivity contribution in [1.29, 1.82) is 0 Å². The van der Waals surface area contributed by atoms with Crippen LogP contribution in [0, 0.1) is 6.92 Å². The van der Waals surface area contributed by atoms with E-state index in [0.717, 1.165) is 10.8 Å². The summed E-state index contributed by atoms with van der Waals surface area (Å²) in [5, 5.41) is 8.77. The van der Waals surface area contributed by atoms with Gasteiger partial charge in [-0.2, -0.15) is 0 Å². The van der Waals surface area contributed by atoms with Gasteiger partial charge in [0.25, 0.3) is 5.56 Å². The first-order valence-electron chi connectivity index (χ1n) is 5.02. The van der Waals surface area contributed by atoms with Gasteiger partial charge in [-0.05, 0) is 6.92 Å². The van der Waals surface area contributed by atoms with E-state index in [9.17, 15) is 19.2 Å². The molecule has 1 rings (SSSR count). The smallest absolute Gasteiger partial charge is 0.330 e. The van der Waals surface area contributed by atoms with Crippen molar-refractivity contribution in [2.24, 2.45) is 0 Å². The van der Waals surface area contributed by atoms with E-state index >= 15 is 0 Å². The Labute approximate surface area is 101 Å². The number of aliphatic hydroxyl groups is 1. The Morgan fingerprint density at radius 2 is 2.11 bits per heavy atom. The second-order valence-electron chi connectivity index (χ2n) is 3.50. The third kappa shape index (κ3) is 2.99. The van der Waals surface area contributed by atoms with Crippen LogP contribution < -0.4 is 11.2 Å². The fourth-order valence-corrected chi connectivity index (χ4v) is 1.24. The van der Waals surface area contributed by atoms with Gasteiger partial charge in [-0.25, -0.2) is 4.79 Å². The summed E-state index contributed by atoms with van der Waals surface area (Å²) in [4.78, 5) is 45.9. The summed E-state index contributed by atoms with van der Waals surface area (Å²) in [6.45, 7) is 0.824. The molecule has 0 aliphatic carbocycles. The minimum Gasteiger partial charge on any atom is -0.393 e. The molecule has 8 nitrogen and oxygen atoms in total. The molecular formula is C10H12N2O6. The number of aromatic nitrogens is 2. The van der Waals surface area contributed by atoms with E-state index in [1.165, 1.54) is 6.92 Å². The van der Waals surface area contributed by atoms with Crippen LogP contribution in [0.5, 0.6) is 0 Å². The lowest BCUT2D eigenvalue weighted by molar-refractivity contribution is -0.140. The zero-order valence-electron chi connectivity index (χ0n) is 9.53. The number of carbonyl (C=O) groups excluding carboxylic acids is 2. The molecule has 0 aliphatic rings. The lowest BCUT2D eigenvalue weighted by atomic mass is 10.4. The zero-order valence-corrected chi connectivity index (χ0v) is 9.53. The van der Waals surface area contributed by atoms with E-state index in [1.807, 2.05) is 4.98 Å². The van der Waals surface area contributed by atoms with Gasteiger partial charge in [-0.3, -0.25) is 19.1 Å². The maximum absolute atomic E-state index is 11.5. The molecule has 0 spiro atoms. The highest BCUT2D eigenvalue weighted by Crippen LogP contribution is 2.05. The number of aliphatic hydroxyl groups excluding tert-OH is 1. The Morgan fingerprint density at radius 3 is 2.61 bits per heavy atom. The number of hydrogen-bond donors (Lipinski definition) is 2. The highest BCUT2D eigenvalue weighted by molar-refractivity contribution is 5.58. The van der Waals surface area contributed by atoms with Crippen molar-refractivity contribution < 1.29 is 19.4 Å². The molecule has 2 atom stereocenters. The average molecular weight is 256 g/mol. The molecule has 1 heterocycles. The number of carbonyl (C=O) groups is 2. The number of aryl methyl sites for hydroxylation is 1. The Kier molecular flexibility index (Phi) is 4.69. The van der Waals surface area contributed by atoms with E-state index in [1.54, 1.807) is 0 Å². The molecule has 0 unspecified atom stereocenters. The normalized spacial score (nSPS) is 13.9. The first-order chi connectivity index (χ1) is 8.53. The van der Waals surface area contributed by atoms with Crippen LogP contribution in [0.4, 0.5) is 0 Å². The molecule has 0 bridgehead atoms. The number of ether oxygens (including phenoxy) is 1. The first-order valence-corrected chi connectivity index (χ1v) is 5.02. The summed E-state index contributed by atoms with van der Waals surface area (Å²) in [5.41, 5.74) is -1.21. The van der Waals surface area contributed by atoms with Crippen LogP contribution in [0.3, 0.4) is 0 Å². The number of rotatable bonds is 6. The minimum atomic E-state index is -1.39. The summed E-state index contributed by atoms with van der Waals surface area (Å²) in [6.07, 6.45) is -0.889. The highest BCUT2D eigenvalue weighted by Gasteiger charge is 2.18. The molecule has 1 aromatic rings. The number of H-pyrrole nitrogens is 1. The Hall–Kier alpha value is -2.06. The van der Waals surface area contributed by atoms with Crippen molar-refractivity contribution in [1.82, 2.24) is 9.55 Å². The number of nitrogens with zero attached hydrogens (tertiary/aromatic N) is 1. The molecule has 0 radical (unpaired) electrons. The summed E-state index contributed by atoms with van der Waals surface area (Å²) in [6, 6.07) is 0. The average Bonchev–Trinajstić information content (AvgIpc) is 2.36. The predicted molar refractivity (Wildman–Crippen MR) is 59.2 cm³/mol. The molecule has 98 valence electrons. The van der Waals surface area contributed by atoms with E-state index in [2.05, 4.69) is 0 Å². The Bertz CT molecular complexity index is 546. The molecular weight excluding hydrogens is 244 g/mol. The molecule has 0 aromatic carbocycles. The van der Waals surface area contributed by atoms with Crippen LogP contribution in [0.25, 0.3) is 0 Å². The molecule has 0 aliphatic heterocycles. The van der Waals surface area contributed by atoms with Crippen molar-refractivity contribution >= 4 is 12.6 Å². The van der Waals surface area contributed by atoms with Crippen molar-refractivity contribution in [3.63, 3.8) is 0 Å². The van der Waals surface area contributed by atoms with Gasteiger partial charge in [0.1, 0.15) is 6.10 Å². The molecule has 0 saturated carbocycles. The highest BCUT2D eigenvalue weighted by atomic mass is 16.5. The fourth-order valence-electron chi connectivity index (χ4n) is 1.24. The van der Waals surface area contributed by atoms with Crippen LogP contribution in [0.15, 0.2) is 15.8 Å². The van der Waals surface area contributed by atoms with Gasteiger partial charge in [0.15, 0.2) is 18.8 Å². The van der Waals surface area contributed by atoms with Crippen LogP contribution in [0.1, 0.15) is 11.8 Å². The molecule has 0 amide bonds. The van der Waals surface area contributed by atoms with E-state index < -0.39 is 30.2 Å². The number of aromatic amines is 1. The summed E-state index contributed by atoms with van der Waals surface area (Å²) in [5.74, 6) is 0. The standard InChI is InChI=1S/C10H12N2O6/c1-6-2-12(10(17)11-9(6)16)8(5-15)18-7(3-13)4-14/h2-3,5,7-8,14H,4H2,1H3,(H,11,16,17)/t7-,8+/m0/s1. The van der Waals surface area contributed by atoms with Crippen LogP contribution in [-0.2, 0) is 14.3 Å². The van der Waals surface area contributed by atoms with Crippen LogP contribution in [-0.4, -0.2) is 39.9 Å². The second-order valence-corrected chi connectivity index (χ2v) is 3.50. The van der Waals surface area contributed by atoms with Gasteiger partial charge in [0, 0.05) is 11.8 Å². The first kappa shape index (κ1) is 14.0. The molecule has 0 fully saturated rings. The monoisotopic (exact) mass is 256 g/mol. The van der Waals surface area contributed by atoms with E-state index in [4.69, 9.17) is 9.84 Å². The van der Waals surface area contributed by atoms with E-state index in [-0.39, 0.29) is 11.8 Å². The quantitative estimate of drug-likeness (QED) is 0.575. The molecule has 8 heteroatoms. The van der Waals surface area contributed by atoms with Crippen molar-refractivity contribution in [3.8, 4) is 0 Å². The predicted octanol–water partition coefficient (Wildman–Crippen LogP) is -1.88. The third-order valence-electron chi connectivity index (χ3n) is 2.18. The molecule has 2 N–H and O–H groups in total. The van der Waals surface area contributed by atoms with Gasteiger partial charge in [0.2, 0.25) is 0 Å². The number of hydrogen-bond acceptors (Lipinski definition) is 6. The fraction of sp³-hybridized carbons (Fsp3) is 0.400. The van der Waals surface area contributed by atoms with Crippen LogP contribution in [0.2, 0.25) is 0 Å². The number of aldehydes is 2. The second kappa shape index (κ2) is 6.03. The lowest BCUT2D eigenvalue weighted by Gasteiger charge is -2.17. The Balaban J connectivity index is 3.13. The van der Waals surface area contributed by atoms with Crippen molar-refractivity contribution in [2.75, 3.05) is 6.61 Å². The minimum absolute atomic E-state index is 0.205. The van der Waals surface area contributed by atoms with E-state index in [0.29, 0.717) is 6.29 Å². The molecule has 0 saturated heterocycles. The lowest BCUT2D eigenvalue weighted by Crippen LogP contribution is -2.37. The van der Waals surface area contributed by atoms with Crippen LogP contribution >= 0.6 is 0 Å². The van der Waals surface area contributed by atoms with Gasteiger partial charge in [-0.15, -0.1) is 0 Å². The SMILES string of the molecule is Cc1cn([C@@H](C=O)O[C@@H](C=O)CO)c(=O)[nH]c1=O. The van der Waals surface area contributed by atoms with Crippen molar-refractivity contribution in [2.45, 2.75) is 19.3 Å². The largest absolute Gasteiger partial charge is 0.393 e. The summed E-state index contributed by atoms with van der Waals surface area (Å²) >= 11 is 0. The van der Waals surface area contributed by atoms with Gasteiger partial charge in [0.05, 0.1) is 6.61 Å². The maximum atomic E-state index is 11.5. The summed E-state index contributed by atoms with van der Waals surface area (Å²) < 4.78 is 5.74. The van der Waals surface area contributed by atoms with Crippen molar-refractivity contribution in [3.05, 3.63) is 32.6 Å². The molecule has 18 heavy (non-hydrogen) atoms. The summed E-state index contributed by atoms with van der Waals surface area (Å²) in [7, 11) is 0. The van der Waals surface area contributed by atoms with Gasteiger partial charge in [-0.1, -0.05) is 0 Å². The molecule has 1 aromatic heterocycles.